The van der Waals surface area contributed by atoms with Crippen LogP contribution in [0.3, 0.4) is 0 Å². The molecule has 1 saturated carbocycles. The SMILES string of the molecule is Cl.NCC1CCC(COc2ccc(F)cc2)CC1. The van der Waals surface area contributed by atoms with Gasteiger partial charge >= 0.3 is 0 Å². The minimum atomic E-state index is -0.221. The van der Waals surface area contributed by atoms with E-state index in [1.165, 1.54) is 37.8 Å². The maximum Gasteiger partial charge on any atom is 0.123 e. The second-order valence-electron chi connectivity index (χ2n) is 4.89. The Labute approximate surface area is 114 Å². The molecule has 0 saturated heterocycles. The first kappa shape index (κ1) is 15.3. The van der Waals surface area contributed by atoms with Crippen molar-refractivity contribution in [3.8, 4) is 5.75 Å². The molecule has 0 spiro atoms. The quantitative estimate of drug-likeness (QED) is 0.913. The Bertz CT molecular complexity index is 336. The molecule has 0 radical (unpaired) electrons. The molecule has 1 aromatic rings. The van der Waals surface area contributed by atoms with E-state index in [1.807, 2.05) is 0 Å². The average Bonchev–Trinajstić information content (AvgIpc) is 2.39. The lowest BCUT2D eigenvalue weighted by Crippen LogP contribution is -2.24. The van der Waals surface area contributed by atoms with Crippen molar-refractivity contribution in [2.24, 2.45) is 17.6 Å². The summed E-state index contributed by atoms with van der Waals surface area (Å²) >= 11 is 0. The fourth-order valence-corrected chi connectivity index (χ4v) is 2.38. The van der Waals surface area contributed by atoms with Crippen LogP contribution < -0.4 is 10.5 Å². The molecule has 0 bridgehead atoms. The van der Waals surface area contributed by atoms with Crippen LogP contribution in [0.4, 0.5) is 4.39 Å². The minimum absolute atomic E-state index is 0. The van der Waals surface area contributed by atoms with Gasteiger partial charge in [0.25, 0.3) is 0 Å². The number of hydrogen-bond acceptors (Lipinski definition) is 2. The van der Waals surface area contributed by atoms with Gasteiger partial charge in [0, 0.05) is 0 Å². The Kier molecular flexibility index (Phi) is 6.44. The summed E-state index contributed by atoms with van der Waals surface area (Å²) in [7, 11) is 0. The third-order valence-corrected chi connectivity index (χ3v) is 3.60. The highest BCUT2D eigenvalue weighted by Gasteiger charge is 2.20. The summed E-state index contributed by atoms with van der Waals surface area (Å²) < 4.78 is 18.4. The maximum atomic E-state index is 12.7. The Morgan fingerprint density at radius 2 is 1.61 bits per heavy atom. The van der Waals surface area contributed by atoms with Gasteiger partial charge in [-0.3, -0.25) is 0 Å². The summed E-state index contributed by atoms with van der Waals surface area (Å²) in [5.74, 6) is 1.87. The van der Waals surface area contributed by atoms with Gasteiger partial charge in [0.05, 0.1) is 6.61 Å². The molecular weight excluding hydrogens is 253 g/mol. The highest BCUT2D eigenvalue weighted by atomic mass is 35.5. The Hall–Kier alpha value is -0.800. The molecule has 102 valence electrons. The van der Waals surface area contributed by atoms with Gasteiger partial charge < -0.3 is 10.5 Å². The molecule has 18 heavy (non-hydrogen) atoms. The molecule has 1 aliphatic carbocycles. The van der Waals surface area contributed by atoms with Crippen molar-refractivity contribution in [2.75, 3.05) is 13.2 Å². The summed E-state index contributed by atoms with van der Waals surface area (Å²) in [6, 6.07) is 6.23. The van der Waals surface area contributed by atoms with Crippen molar-refractivity contribution >= 4 is 12.4 Å². The molecule has 4 heteroatoms. The van der Waals surface area contributed by atoms with E-state index in [-0.39, 0.29) is 18.2 Å². The van der Waals surface area contributed by atoms with E-state index < -0.39 is 0 Å². The summed E-state index contributed by atoms with van der Waals surface area (Å²) in [4.78, 5) is 0. The molecule has 2 rings (SSSR count). The van der Waals surface area contributed by atoms with Gasteiger partial charge in [-0.1, -0.05) is 0 Å². The van der Waals surface area contributed by atoms with E-state index in [4.69, 9.17) is 10.5 Å². The lowest BCUT2D eigenvalue weighted by atomic mass is 9.82. The van der Waals surface area contributed by atoms with Crippen molar-refractivity contribution in [3.63, 3.8) is 0 Å². The fraction of sp³-hybridized carbons (Fsp3) is 0.571. The maximum absolute atomic E-state index is 12.7. The van der Waals surface area contributed by atoms with Crippen LogP contribution in [-0.4, -0.2) is 13.2 Å². The number of nitrogens with two attached hydrogens (primary N) is 1. The molecule has 0 aromatic heterocycles. The fourth-order valence-electron chi connectivity index (χ4n) is 2.38. The zero-order valence-electron chi connectivity index (χ0n) is 10.5. The van der Waals surface area contributed by atoms with E-state index in [0.717, 1.165) is 18.9 Å². The highest BCUT2D eigenvalue weighted by molar-refractivity contribution is 5.85. The number of benzene rings is 1. The van der Waals surface area contributed by atoms with E-state index in [2.05, 4.69) is 0 Å². The molecule has 0 unspecified atom stereocenters. The topological polar surface area (TPSA) is 35.2 Å². The highest BCUT2D eigenvalue weighted by Crippen LogP contribution is 2.28. The van der Waals surface area contributed by atoms with Crippen LogP contribution in [0.15, 0.2) is 24.3 Å². The van der Waals surface area contributed by atoms with Gasteiger partial charge in [0.2, 0.25) is 0 Å². The summed E-state index contributed by atoms with van der Waals surface area (Å²) in [6.45, 7) is 1.55. The van der Waals surface area contributed by atoms with Gasteiger partial charge in [-0.05, 0) is 68.3 Å². The number of halogens is 2. The monoisotopic (exact) mass is 273 g/mol. The predicted octanol–water partition coefficient (Wildman–Crippen LogP) is 3.39. The zero-order valence-corrected chi connectivity index (χ0v) is 11.3. The van der Waals surface area contributed by atoms with Crippen molar-refractivity contribution in [1.82, 2.24) is 0 Å². The zero-order chi connectivity index (χ0) is 12.1. The van der Waals surface area contributed by atoms with Crippen LogP contribution in [0.1, 0.15) is 25.7 Å². The Morgan fingerprint density at radius 1 is 1.06 bits per heavy atom. The van der Waals surface area contributed by atoms with Crippen molar-refractivity contribution < 1.29 is 9.13 Å². The first-order valence-corrected chi connectivity index (χ1v) is 6.36. The molecule has 1 aromatic carbocycles. The number of ether oxygens (including phenoxy) is 1. The largest absolute Gasteiger partial charge is 0.493 e. The Morgan fingerprint density at radius 3 is 2.17 bits per heavy atom. The molecule has 0 atom stereocenters. The predicted molar refractivity (Wildman–Crippen MR) is 73.6 cm³/mol. The second kappa shape index (κ2) is 7.59. The summed E-state index contributed by atoms with van der Waals surface area (Å²) in [5, 5.41) is 0. The average molecular weight is 274 g/mol. The molecule has 0 heterocycles. The molecule has 1 fully saturated rings. The van der Waals surface area contributed by atoms with Crippen LogP contribution in [0.25, 0.3) is 0 Å². The van der Waals surface area contributed by atoms with Crippen LogP contribution in [0.5, 0.6) is 5.75 Å². The van der Waals surface area contributed by atoms with Gasteiger partial charge in [-0.2, -0.15) is 0 Å². The minimum Gasteiger partial charge on any atom is -0.493 e. The summed E-state index contributed by atoms with van der Waals surface area (Å²) in [6.07, 6.45) is 4.83. The van der Waals surface area contributed by atoms with Crippen molar-refractivity contribution in [3.05, 3.63) is 30.1 Å². The van der Waals surface area contributed by atoms with E-state index in [9.17, 15) is 4.39 Å². The molecular formula is C14H21ClFNO. The van der Waals surface area contributed by atoms with Crippen molar-refractivity contribution in [2.45, 2.75) is 25.7 Å². The third kappa shape index (κ3) is 4.46. The van der Waals surface area contributed by atoms with Crippen LogP contribution in [0.2, 0.25) is 0 Å². The van der Waals surface area contributed by atoms with E-state index in [0.29, 0.717) is 11.8 Å². The number of rotatable bonds is 4. The molecule has 1 aliphatic rings. The molecule has 0 aliphatic heterocycles. The standard InChI is InChI=1S/C14H20FNO.ClH/c15-13-5-7-14(8-6-13)17-10-12-3-1-11(9-16)2-4-12;/h5-8,11-12H,1-4,9-10,16H2;1H. The smallest absolute Gasteiger partial charge is 0.123 e. The lowest BCUT2D eigenvalue weighted by molar-refractivity contribution is 0.184. The van der Waals surface area contributed by atoms with E-state index in [1.54, 1.807) is 12.1 Å². The molecule has 2 nitrogen and oxygen atoms in total. The Balaban J connectivity index is 0.00000162. The normalized spacial score (nSPS) is 23.2. The molecule has 0 amide bonds. The molecule has 2 N–H and O–H groups in total. The van der Waals surface area contributed by atoms with Crippen LogP contribution >= 0.6 is 12.4 Å². The summed E-state index contributed by atoms with van der Waals surface area (Å²) in [5.41, 5.74) is 5.66. The second-order valence-corrected chi connectivity index (χ2v) is 4.89. The van der Waals surface area contributed by atoms with Crippen LogP contribution in [-0.2, 0) is 0 Å². The van der Waals surface area contributed by atoms with Gasteiger partial charge in [-0.15, -0.1) is 12.4 Å². The van der Waals surface area contributed by atoms with Gasteiger partial charge in [-0.25, -0.2) is 4.39 Å². The third-order valence-electron chi connectivity index (χ3n) is 3.60. The van der Waals surface area contributed by atoms with Gasteiger partial charge in [0.1, 0.15) is 11.6 Å². The van der Waals surface area contributed by atoms with Gasteiger partial charge in [0.15, 0.2) is 0 Å². The van der Waals surface area contributed by atoms with E-state index >= 15 is 0 Å². The first-order valence-electron chi connectivity index (χ1n) is 6.36. The lowest BCUT2D eigenvalue weighted by Gasteiger charge is -2.27. The van der Waals surface area contributed by atoms with Crippen molar-refractivity contribution in [1.29, 1.82) is 0 Å². The van der Waals surface area contributed by atoms with Crippen LogP contribution in [0, 0.1) is 17.7 Å². The first-order chi connectivity index (χ1) is 8.28. The number of hydrogen-bond donors (Lipinski definition) is 1.